The van der Waals surface area contributed by atoms with E-state index in [1.165, 1.54) is 0 Å². The van der Waals surface area contributed by atoms with Crippen molar-refractivity contribution in [2.75, 3.05) is 18.5 Å². The number of halogens is 1. The van der Waals surface area contributed by atoms with Crippen LogP contribution < -0.4 is 10.2 Å². The van der Waals surface area contributed by atoms with Crippen molar-refractivity contribution in [3.63, 3.8) is 0 Å². The van der Waals surface area contributed by atoms with Crippen molar-refractivity contribution in [1.82, 2.24) is 15.3 Å². The van der Waals surface area contributed by atoms with Crippen molar-refractivity contribution in [2.24, 2.45) is 0 Å². The van der Waals surface area contributed by atoms with Crippen LogP contribution >= 0.6 is 11.6 Å². The molecule has 2 aromatic rings. The Balaban J connectivity index is 2.06. The zero-order valence-corrected chi connectivity index (χ0v) is 13.3. The molecule has 2 rings (SSSR count). The van der Waals surface area contributed by atoms with Gasteiger partial charge in [-0.2, -0.15) is 0 Å². The molecule has 1 N–H and O–H groups in total. The molecule has 0 aliphatic carbocycles. The molecule has 4 nitrogen and oxygen atoms in total. The topological polar surface area (TPSA) is 41.1 Å². The van der Waals surface area contributed by atoms with Crippen LogP contribution in [-0.4, -0.2) is 23.6 Å². The van der Waals surface area contributed by atoms with E-state index < -0.39 is 0 Å². The molecule has 0 aromatic carbocycles. The van der Waals surface area contributed by atoms with Crippen molar-refractivity contribution in [3.05, 3.63) is 52.9 Å². The quantitative estimate of drug-likeness (QED) is 0.797. The van der Waals surface area contributed by atoms with Gasteiger partial charge in [-0.15, -0.1) is 0 Å². The van der Waals surface area contributed by atoms with Gasteiger partial charge in [0.1, 0.15) is 5.82 Å². The van der Waals surface area contributed by atoms with Crippen LogP contribution in [0.15, 0.2) is 36.5 Å². The molecule has 0 saturated carbocycles. The number of aromatic nitrogens is 2. The highest BCUT2D eigenvalue weighted by Crippen LogP contribution is 2.19. The maximum atomic E-state index is 6.21. The van der Waals surface area contributed by atoms with Gasteiger partial charge in [0.05, 0.1) is 23.0 Å². The van der Waals surface area contributed by atoms with Gasteiger partial charge in [0.15, 0.2) is 0 Å². The van der Waals surface area contributed by atoms with E-state index >= 15 is 0 Å². The van der Waals surface area contributed by atoms with E-state index in [1.807, 2.05) is 37.4 Å². The molecule has 2 heterocycles. The van der Waals surface area contributed by atoms with E-state index in [1.54, 1.807) is 6.20 Å². The molecule has 21 heavy (non-hydrogen) atoms. The third kappa shape index (κ3) is 4.69. The molecular weight excluding hydrogens is 284 g/mol. The number of hydrogen-bond donors (Lipinski definition) is 1. The number of hydrogen-bond acceptors (Lipinski definition) is 4. The number of rotatable bonds is 7. The van der Waals surface area contributed by atoms with E-state index in [9.17, 15) is 0 Å². The first-order valence-corrected chi connectivity index (χ1v) is 7.55. The van der Waals surface area contributed by atoms with Crippen LogP contribution in [0, 0.1) is 0 Å². The fourth-order valence-corrected chi connectivity index (χ4v) is 2.18. The third-order valence-corrected chi connectivity index (χ3v) is 3.48. The van der Waals surface area contributed by atoms with Gasteiger partial charge in [-0.3, -0.25) is 4.98 Å². The zero-order valence-electron chi connectivity index (χ0n) is 12.5. The van der Waals surface area contributed by atoms with Gasteiger partial charge >= 0.3 is 0 Å². The molecule has 5 heteroatoms. The second kappa shape index (κ2) is 7.96. The summed E-state index contributed by atoms with van der Waals surface area (Å²) in [5.41, 5.74) is 1.90. The predicted molar refractivity (Wildman–Crippen MR) is 87.6 cm³/mol. The summed E-state index contributed by atoms with van der Waals surface area (Å²) in [5, 5.41) is 4.03. The van der Waals surface area contributed by atoms with Crippen LogP contribution in [0.5, 0.6) is 0 Å². The van der Waals surface area contributed by atoms with Gasteiger partial charge in [0.2, 0.25) is 0 Å². The summed E-state index contributed by atoms with van der Waals surface area (Å²) in [5.74, 6) is 0.901. The number of pyridine rings is 2. The van der Waals surface area contributed by atoms with Crippen molar-refractivity contribution in [3.8, 4) is 0 Å². The maximum absolute atomic E-state index is 6.21. The lowest BCUT2D eigenvalue weighted by atomic mass is 10.3. The lowest BCUT2D eigenvalue weighted by Gasteiger charge is -2.19. The van der Waals surface area contributed by atoms with Gasteiger partial charge in [-0.1, -0.05) is 24.6 Å². The molecule has 0 amide bonds. The normalized spacial score (nSPS) is 10.6. The standard InChI is InChI=1S/C16H21ClN4/c1-3-9-18-11-15-14(17)7-8-16(20-15)21(2)12-13-6-4-5-10-19-13/h4-8,10,18H,3,9,11-12H2,1-2H3. The summed E-state index contributed by atoms with van der Waals surface area (Å²) in [6, 6.07) is 9.76. The Kier molecular flexibility index (Phi) is 5.96. The summed E-state index contributed by atoms with van der Waals surface area (Å²) >= 11 is 6.21. The average Bonchev–Trinajstić information content (AvgIpc) is 2.50. The summed E-state index contributed by atoms with van der Waals surface area (Å²) in [6.45, 7) is 4.51. The fourth-order valence-electron chi connectivity index (χ4n) is 2.01. The highest BCUT2D eigenvalue weighted by molar-refractivity contribution is 6.31. The second-order valence-corrected chi connectivity index (χ2v) is 5.36. The fraction of sp³-hybridized carbons (Fsp3) is 0.375. The van der Waals surface area contributed by atoms with Gasteiger partial charge in [0, 0.05) is 19.8 Å². The minimum absolute atomic E-state index is 0.692. The number of nitrogens with one attached hydrogen (secondary N) is 1. The highest BCUT2D eigenvalue weighted by atomic mass is 35.5. The molecule has 0 spiro atoms. The van der Waals surface area contributed by atoms with Crippen LogP contribution in [-0.2, 0) is 13.1 Å². The third-order valence-electron chi connectivity index (χ3n) is 3.14. The van der Waals surface area contributed by atoms with Crippen LogP contribution in [0.3, 0.4) is 0 Å². The van der Waals surface area contributed by atoms with Crippen molar-refractivity contribution < 1.29 is 0 Å². The Morgan fingerprint density at radius 2 is 2.10 bits per heavy atom. The lowest BCUT2D eigenvalue weighted by Crippen LogP contribution is -2.20. The van der Waals surface area contributed by atoms with Gasteiger partial charge in [-0.25, -0.2) is 4.98 Å². The van der Waals surface area contributed by atoms with Crippen LogP contribution in [0.25, 0.3) is 0 Å². The second-order valence-electron chi connectivity index (χ2n) is 4.95. The minimum Gasteiger partial charge on any atom is -0.354 e. The summed E-state index contributed by atoms with van der Waals surface area (Å²) in [6.07, 6.45) is 2.90. The van der Waals surface area contributed by atoms with E-state index in [4.69, 9.17) is 11.6 Å². The molecular formula is C16H21ClN4. The molecule has 0 radical (unpaired) electrons. The molecule has 0 bridgehead atoms. The minimum atomic E-state index is 0.692. The molecule has 0 saturated heterocycles. The smallest absolute Gasteiger partial charge is 0.129 e. The van der Waals surface area contributed by atoms with Gasteiger partial charge in [0.25, 0.3) is 0 Å². The first-order valence-electron chi connectivity index (χ1n) is 7.18. The van der Waals surface area contributed by atoms with Crippen molar-refractivity contribution in [2.45, 2.75) is 26.4 Å². The average molecular weight is 305 g/mol. The lowest BCUT2D eigenvalue weighted by molar-refractivity contribution is 0.663. The van der Waals surface area contributed by atoms with Gasteiger partial charge < -0.3 is 10.2 Å². The van der Waals surface area contributed by atoms with Gasteiger partial charge in [-0.05, 0) is 37.2 Å². The predicted octanol–water partition coefficient (Wildman–Crippen LogP) is 3.27. The molecule has 0 unspecified atom stereocenters. The molecule has 0 aliphatic heterocycles. The van der Waals surface area contributed by atoms with Crippen molar-refractivity contribution in [1.29, 1.82) is 0 Å². The summed E-state index contributed by atoms with van der Waals surface area (Å²) in [7, 11) is 2.01. The van der Waals surface area contributed by atoms with E-state index in [0.717, 1.165) is 36.7 Å². The Hall–Kier alpha value is -1.65. The zero-order chi connectivity index (χ0) is 15.1. The Bertz CT molecular complexity index is 559. The number of nitrogens with zero attached hydrogens (tertiary/aromatic N) is 3. The van der Waals surface area contributed by atoms with Crippen molar-refractivity contribution >= 4 is 17.4 Å². The first kappa shape index (κ1) is 15.7. The summed E-state index contributed by atoms with van der Waals surface area (Å²) in [4.78, 5) is 11.1. The Morgan fingerprint density at radius 3 is 2.81 bits per heavy atom. The van der Waals surface area contributed by atoms with Crippen LogP contribution in [0.1, 0.15) is 24.7 Å². The van der Waals surface area contributed by atoms with E-state index in [0.29, 0.717) is 11.6 Å². The molecule has 0 aliphatic rings. The monoisotopic (exact) mass is 304 g/mol. The Morgan fingerprint density at radius 1 is 1.24 bits per heavy atom. The SMILES string of the molecule is CCCNCc1nc(N(C)Cc2ccccn2)ccc1Cl. The molecule has 0 fully saturated rings. The summed E-state index contributed by atoms with van der Waals surface area (Å²) < 4.78 is 0. The first-order chi connectivity index (χ1) is 10.2. The molecule has 2 aromatic heterocycles. The van der Waals surface area contributed by atoms with Crippen LogP contribution in [0.4, 0.5) is 5.82 Å². The highest BCUT2D eigenvalue weighted by Gasteiger charge is 2.08. The van der Waals surface area contributed by atoms with E-state index in [-0.39, 0.29) is 0 Å². The maximum Gasteiger partial charge on any atom is 0.129 e. The largest absolute Gasteiger partial charge is 0.354 e. The molecule has 0 atom stereocenters. The number of anilines is 1. The van der Waals surface area contributed by atoms with Crippen LogP contribution in [0.2, 0.25) is 5.02 Å². The van der Waals surface area contributed by atoms with E-state index in [2.05, 4.69) is 27.1 Å². The molecule has 112 valence electrons. The Labute approximate surface area is 131 Å².